The summed E-state index contributed by atoms with van der Waals surface area (Å²) in [6.07, 6.45) is 5.05. The summed E-state index contributed by atoms with van der Waals surface area (Å²) in [6, 6.07) is 6.27. The van der Waals surface area contributed by atoms with Gasteiger partial charge in [-0.25, -0.2) is 4.39 Å². The van der Waals surface area contributed by atoms with Crippen molar-refractivity contribution in [2.45, 2.75) is 38.1 Å². The van der Waals surface area contributed by atoms with Crippen LogP contribution in [0, 0.1) is 23.6 Å². The van der Waals surface area contributed by atoms with Gasteiger partial charge in [-0.1, -0.05) is 12.5 Å². The van der Waals surface area contributed by atoms with E-state index < -0.39 is 0 Å². The van der Waals surface area contributed by atoms with Gasteiger partial charge in [0.15, 0.2) is 0 Å². The maximum atomic E-state index is 13.3. The highest BCUT2D eigenvalue weighted by Gasteiger charge is 2.42. The molecule has 1 heterocycles. The van der Waals surface area contributed by atoms with E-state index in [1.54, 1.807) is 12.1 Å². The lowest BCUT2D eigenvalue weighted by atomic mass is 9.94. The Labute approximate surface area is 135 Å². The Balaban J connectivity index is 1.41. The van der Waals surface area contributed by atoms with Crippen molar-refractivity contribution in [2.75, 3.05) is 11.4 Å². The number of hydrogen-bond donors (Lipinski definition) is 1. The molecule has 0 aromatic heterocycles. The lowest BCUT2D eigenvalue weighted by Gasteiger charge is -2.24. The maximum Gasteiger partial charge on any atom is 0.227 e. The summed E-state index contributed by atoms with van der Waals surface area (Å²) in [7, 11) is 0. The number of carbonyl (C=O) groups is 2. The first-order chi connectivity index (χ1) is 11.1. The minimum atomic E-state index is -0.370. The second kappa shape index (κ2) is 5.62. The van der Waals surface area contributed by atoms with Crippen molar-refractivity contribution in [1.82, 2.24) is 5.32 Å². The molecule has 3 fully saturated rings. The van der Waals surface area contributed by atoms with E-state index >= 15 is 0 Å². The smallest absolute Gasteiger partial charge is 0.227 e. The highest BCUT2D eigenvalue weighted by molar-refractivity contribution is 6.00. The van der Waals surface area contributed by atoms with Crippen LogP contribution in [-0.4, -0.2) is 24.4 Å². The van der Waals surface area contributed by atoms with E-state index in [0.717, 1.165) is 12.3 Å². The number of nitrogens with zero attached hydrogens (tertiary/aromatic N) is 1. The lowest BCUT2D eigenvalue weighted by molar-refractivity contribution is -0.127. The number of nitrogens with one attached hydrogen (secondary N) is 1. The minimum absolute atomic E-state index is 0.0187. The molecule has 1 aliphatic heterocycles. The number of anilines is 1. The summed E-state index contributed by atoms with van der Waals surface area (Å²) in [5.74, 6) is 0.577. The van der Waals surface area contributed by atoms with Crippen molar-refractivity contribution in [3.63, 3.8) is 0 Å². The van der Waals surface area contributed by atoms with Crippen LogP contribution in [0.1, 0.15) is 32.1 Å². The molecule has 4 nitrogen and oxygen atoms in total. The molecule has 3 aliphatic rings. The first-order valence-corrected chi connectivity index (χ1v) is 8.46. The molecule has 5 heteroatoms. The molecule has 1 saturated heterocycles. The summed E-state index contributed by atoms with van der Waals surface area (Å²) in [5.41, 5.74) is 0.533. The van der Waals surface area contributed by atoms with Gasteiger partial charge in [0.05, 0.1) is 5.92 Å². The Hall–Kier alpha value is -1.91. The van der Waals surface area contributed by atoms with Crippen LogP contribution in [0.25, 0.3) is 0 Å². The number of benzene rings is 1. The lowest BCUT2D eigenvalue weighted by Crippen LogP contribution is -2.42. The van der Waals surface area contributed by atoms with E-state index in [1.165, 1.54) is 36.3 Å². The molecule has 0 radical (unpaired) electrons. The zero-order chi connectivity index (χ0) is 16.0. The number of fused-ring (bicyclic) bond motifs is 2. The third kappa shape index (κ3) is 2.73. The van der Waals surface area contributed by atoms with Gasteiger partial charge < -0.3 is 10.2 Å². The van der Waals surface area contributed by atoms with Gasteiger partial charge in [0.2, 0.25) is 11.8 Å². The van der Waals surface area contributed by atoms with Gasteiger partial charge in [-0.3, -0.25) is 9.59 Å². The first-order valence-electron chi connectivity index (χ1n) is 8.46. The van der Waals surface area contributed by atoms with Crippen LogP contribution in [0.3, 0.4) is 0 Å². The summed E-state index contributed by atoms with van der Waals surface area (Å²) in [5, 5.41) is 3.16. The topological polar surface area (TPSA) is 49.4 Å². The normalized spacial score (nSPS) is 32.6. The number of amides is 2. The van der Waals surface area contributed by atoms with E-state index in [4.69, 9.17) is 0 Å². The Morgan fingerprint density at radius 1 is 1.26 bits per heavy atom. The number of carbonyl (C=O) groups excluding carboxylic acids is 2. The molecule has 2 aliphatic carbocycles. The van der Waals surface area contributed by atoms with Gasteiger partial charge >= 0.3 is 0 Å². The predicted octanol–water partition coefficient (Wildman–Crippen LogP) is 2.48. The van der Waals surface area contributed by atoms with Crippen molar-refractivity contribution in [1.29, 1.82) is 0 Å². The van der Waals surface area contributed by atoms with Gasteiger partial charge in [0, 0.05) is 24.7 Å². The van der Waals surface area contributed by atoms with Crippen molar-refractivity contribution in [2.24, 2.45) is 17.8 Å². The highest BCUT2D eigenvalue weighted by Crippen LogP contribution is 2.44. The molecule has 122 valence electrons. The van der Waals surface area contributed by atoms with Crippen molar-refractivity contribution >= 4 is 17.5 Å². The Morgan fingerprint density at radius 3 is 2.83 bits per heavy atom. The monoisotopic (exact) mass is 316 g/mol. The average molecular weight is 316 g/mol. The molecule has 0 spiro atoms. The molecule has 0 unspecified atom stereocenters. The standard InChI is InChI=1S/C18H21FN2O2/c19-14-2-1-3-15(9-14)21-10-13(8-17(21)22)18(23)20-16-7-11-4-5-12(16)6-11/h1-3,9,11-13,16H,4-8,10H2,(H,20,23)/t11-,12-,13-,16+/m0/s1. The van der Waals surface area contributed by atoms with Crippen LogP contribution in [0.15, 0.2) is 24.3 Å². The van der Waals surface area contributed by atoms with Gasteiger partial charge in [0.1, 0.15) is 5.82 Å². The summed E-state index contributed by atoms with van der Waals surface area (Å²) >= 11 is 0. The van der Waals surface area contributed by atoms with Crippen LogP contribution in [-0.2, 0) is 9.59 Å². The Morgan fingerprint density at radius 2 is 2.13 bits per heavy atom. The zero-order valence-electron chi connectivity index (χ0n) is 13.0. The van der Waals surface area contributed by atoms with Crippen LogP contribution in [0.4, 0.5) is 10.1 Å². The number of rotatable bonds is 3. The van der Waals surface area contributed by atoms with Gasteiger partial charge in [-0.2, -0.15) is 0 Å². The fourth-order valence-corrected chi connectivity index (χ4v) is 4.50. The summed E-state index contributed by atoms with van der Waals surface area (Å²) in [6.45, 7) is 0.342. The number of halogens is 1. The quantitative estimate of drug-likeness (QED) is 0.931. The van der Waals surface area contributed by atoms with Crippen LogP contribution in [0.5, 0.6) is 0 Å². The molecule has 1 aromatic carbocycles. The van der Waals surface area contributed by atoms with E-state index in [2.05, 4.69) is 5.32 Å². The third-order valence-corrected chi connectivity index (χ3v) is 5.68. The molecule has 1 aromatic rings. The zero-order valence-corrected chi connectivity index (χ0v) is 13.0. The first kappa shape index (κ1) is 14.7. The second-order valence-electron chi connectivity index (χ2n) is 7.18. The van der Waals surface area contributed by atoms with Crippen molar-refractivity contribution in [3.8, 4) is 0 Å². The molecule has 2 bridgehead atoms. The average Bonchev–Trinajstić information content (AvgIpc) is 3.22. The minimum Gasteiger partial charge on any atom is -0.353 e. The largest absolute Gasteiger partial charge is 0.353 e. The number of hydrogen-bond acceptors (Lipinski definition) is 2. The van der Waals surface area contributed by atoms with Gasteiger partial charge in [-0.15, -0.1) is 0 Å². The fourth-order valence-electron chi connectivity index (χ4n) is 4.50. The fraction of sp³-hybridized carbons (Fsp3) is 0.556. The molecule has 4 atom stereocenters. The van der Waals surface area contributed by atoms with E-state index in [9.17, 15) is 14.0 Å². The van der Waals surface area contributed by atoms with E-state index in [1.807, 2.05) is 0 Å². The highest BCUT2D eigenvalue weighted by atomic mass is 19.1. The van der Waals surface area contributed by atoms with Crippen LogP contribution < -0.4 is 10.2 Å². The maximum absolute atomic E-state index is 13.3. The Bertz CT molecular complexity index is 648. The van der Waals surface area contributed by atoms with E-state index in [-0.39, 0.29) is 30.0 Å². The SMILES string of the molecule is O=C(N[C@@H]1C[C@H]2CC[C@H]1C2)[C@H]1CC(=O)N(c2cccc(F)c2)C1. The Kier molecular flexibility index (Phi) is 3.58. The molecule has 2 saturated carbocycles. The molecule has 1 N–H and O–H groups in total. The van der Waals surface area contributed by atoms with Crippen LogP contribution in [0.2, 0.25) is 0 Å². The molecule has 4 rings (SSSR count). The van der Waals surface area contributed by atoms with Gasteiger partial charge in [-0.05, 0) is 49.3 Å². The molecule has 23 heavy (non-hydrogen) atoms. The van der Waals surface area contributed by atoms with Crippen LogP contribution >= 0.6 is 0 Å². The summed E-state index contributed by atoms with van der Waals surface area (Å²) < 4.78 is 13.3. The predicted molar refractivity (Wildman–Crippen MR) is 84.2 cm³/mol. The second-order valence-corrected chi connectivity index (χ2v) is 7.18. The molecular weight excluding hydrogens is 295 g/mol. The van der Waals surface area contributed by atoms with E-state index in [0.29, 0.717) is 24.2 Å². The third-order valence-electron chi connectivity index (χ3n) is 5.68. The molecular formula is C18H21FN2O2. The summed E-state index contributed by atoms with van der Waals surface area (Å²) in [4.78, 5) is 26.2. The van der Waals surface area contributed by atoms with Gasteiger partial charge in [0.25, 0.3) is 0 Å². The van der Waals surface area contributed by atoms with Crippen molar-refractivity contribution < 1.29 is 14.0 Å². The van der Waals surface area contributed by atoms with Crippen molar-refractivity contribution in [3.05, 3.63) is 30.1 Å². The molecule has 2 amide bonds.